The number of rotatable bonds is 3. The second-order valence-corrected chi connectivity index (χ2v) is 6.16. The predicted octanol–water partition coefficient (Wildman–Crippen LogP) is 4.38. The minimum absolute atomic E-state index is 0.350. The van der Waals surface area contributed by atoms with Crippen LogP contribution in [0.25, 0.3) is 0 Å². The van der Waals surface area contributed by atoms with Crippen molar-refractivity contribution < 1.29 is 0 Å². The van der Waals surface area contributed by atoms with Crippen molar-refractivity contribution in [2.45, 2.75) is 19.4 Å². The third kappa shape index (κ3) is 2.71. The van der Waals surface area contributed by atoms with Gasteiger partial charge in [0.15, 0.2) is 0 Å². The first kappa shape index (κ1) is 13.5. The Morgan fingerprint density at radius 2 is 1.89 bits per heavy atom. The van der Waals surface area contributed by atoms with Crippen LogP contribution in [0.2, 0.25) is 10.0 Å². The maximum Gasteiger partial charge on any atom is 0.117 e. The Morgan fingerprint density at radius 1 is 1.28 bits per heavy atom. The summed E-state index contributed by atoms with van der Waals surface area (Å²) in [6, 6.07) is 3.35. The van der Waals surface area contributed by atoms with E-state index in [0.717, 1.165) is 5.01 Å². The summed E-state index contributed by atoms with van der Waals surface area (Å²) in [6.07, 6.45) is 1.77. The van der Waals surface area contributed by atoms with Crippen molar-refractivity contribution in [3.63, 3.8) is 0 Å². The molecule has 3 N–H and O–H groups in total. The fraction of sp³-hybridized carbons (Fsp3) is 0.250. The Bertz CT molecular complexity index is 529. The Kier molecular flexibility index (Phi) is 3.71. The number of aromatic nitrogens is 1. The lowest BCUT2D eigenvalue weighted by molar-refractivity contribution is 0.604. The summed E-state index contributed by atoms with van der Waals surface area (Å²) in [7, 11) is 0. The number of nitrogens with two attached hydrogens (primary N) is 1. The number of anilines is 2. The molecule has 0 aliphatic carbocycles. The van der Waals surface area contributed by atoms with Gasteiger partial charge in [0.25, 0.3) is 0 Å². The molecule has 0 radical (unpaired) electrons. The van der Waals surface area contributed by atoms with Gasteiger partial charge < -0.3 is 11.1 Å². The van der Waals surface area contributed by atoms with Gasteiger partial charge in [0.05, 0.1) is 21.3 Å². The molecule has 0 amide bonds. The molecule has 0 saturated carbocycles. The number of nitrogens with one attached hydrogen (secondary N) is 1. The van der Waals surface area contributed by atoms with E-state index in [0.29, 0.717) is 21.4 Å². The smallest absolute Gasteiger partial charge is 0.117 e. The monoisotopic (exact) mass is 301 g/mol. The van der Waals surface area contributed by atoms with Crippen LogP contribution >= 0.6 is 34.5 Å². The largest absolute Gasteiger partial charge is 0.399 e. The van der Waals surface area contributed by atoms with Crippen molar-refractivity contribution in [3.8, 4) is 0 Å². The average Bonchev–Trinajstić information content (AvgIpc) is 2.77. The molecule has 96 valence electrons. The fourth-order valence-electron chi connectivity index (χ4n) is 1.61. The standard InChI is InChI=1S/C12H13Cl2N3S/c1-12(2,11-16-3-4-18-11)17-10-8(13)5-7(15)6-9(10)14/h3-6,17H,15H2,1-2H3. The summed E-state index contributed by atoms with van der Waals surface area (Å²) in [5.74, 6) is 0. The molecule has 2 aromatic rings. The van der Waals surface area contributed by atoms with Gasteiger partial charge in [-0.05, 0) is 26.0 Å². The number of nitrogen functional groups attached to an aromatic ring is 1. The van der Waals surface area contributed by atoms with Crippen molar-refractivity contribution in [1.29, 1.82) is 0 Å². The maximum absolute atomic E-state index is 6.16. The summed E-state index contributed by atoms with van der Waals surface area (Å²) >= 11 is 13.9. The van der Waals surface area contributed by atoms with Crippen molar-refractivity contribution in [2.24, 2.45) is 0 Å². The zero-order valence-electron chi connectivity index (χ0n) is 10.00. The second-order valence-electron chi connectivity index (χ2n) is 4.45. The Morgan fingerprint density at radius 3 is 2.39 bits per heavy atom. The first-order valence-electron chi connectivity index (χ1n) is 5.33. The lowest BCUT2D eigenvalue weighted by Gasteiger charge is -2.26. The third-order valence-corrected chi connectivity index (χ3v) is 4.16. The lowest BCUT2D eigenvalue weighted by Crippen LogP contribution is -2.28. The number of halogens is 2. The molecular formula is C12H13Cl2N3S. The highest BCUT2D eigenvalue weighted by Gasteiger charge is 2.25. The second kappa shape index (κ2) is 4.96. The van der Waals surface area contributed by atoms with Gasteiger partial charge in [-0.2, -0.15) is 0 Å². The number of benzene rings is 1. The van der Waals surface area contributed by atoms with Crippen LogP contribution < -0.4 is 11.1 Å². The number of thiazole rings is 1. The fourth-order valence-corrected chi connectivity index (χ4v) is 2.93. The highest BCUT2D eigenvalue weighted by Crippen LogP contribution is 2.37. The molecule has 0 spiro atoms. The van der Waals surface area contributed by atoms with Gasteiger partial charge in [-0.3, -0.25) is 0 Å². The van der Waals surface area contributed by atoms with Crippen molar-refractivity contribution in [3.05, 3.63) is 38.8 Å². The summed E-state index contributed by atoms with van der Waals surface area (Å²) in [4.78, 5) is 4.31. The van der Waals surface area contributed by atoms with Crippen molar-refractivity contribution in [2.75, 3.05) is 11.1 Å². The van der Waals surface area contributed by atoms with Crippen molar-refractivity contribution in [1.82, 2.24) is 4.98 Å². The highest BCUT2D eigenvalue weighted by atomic mass is 35.5. The first-order chi connectivity index (χ1) is 8.40. The van der Waals surface area contributed by atoms with E-state index >= 15 is 0 Å². The third-order valence-electron chi connectivity index (χ3n) is 2.47. The molecule has 1 aromatic carbocycles. The van der Waals surface area contributed by atoms with Gasteiger partial charge in [-0.15, -0.1) is 11.3 Å². The van der Waals surface area contributed by atoms with Crippen LogP contribution in [0.1, 0.15) is 18.9 Å². The minimum atomic E-state index is -0.350. The van der Waals surface area contributed by atoms with Gasteiger partial charge in [0.1, 0.15) is 5.01 Å². The summed E-state index contributed by atoms with van der Waals surface area (Å²) in [5, 5.41) is 7.22. The van der Waals surface area contributed by atoms with Gasteiger partial charge >= 0.3 is 0 Å². The van der Waals surface area contributed by atoms with Crippen LogP contribution in [0.4, 0.5) is 11.4 Å². The zero-order chi connectivity index (χ0) is 13.3. The van der Waals surface area contributed by atoms with Crippen LogP contribution in [-0.2, 0) is 5.54 Å². The van der Waals surface area contributed by atoms with Crippen LogP contribution in [0, 0.1) is 0 Å². The number of nitrogens with zero attached hydrogens (tertiary/aromatic N) is 1. The Balaban J connectivity index is 2.35. The van der Waals surface area contributed by atoms with Gasteiger partial charge in [-0.25, -0.2) is 4.98 Å². The van der Waals surface area contributed by atoms with Gasteiger partial charge in [0, 0.05) is 17.3 Å². The van der Waals surface area contributed by atoms with Crippen molar-refractivity contribution >= 4 is 45.9 Å². The molecule has 6 heteroatoms. The van der Waals surface area contributed by atoms with Crippen LogP contribution in [0.5, 0.6) is 0 Å². The summed E-state index contributed by atoms with van der Waals surface area (Å²) in [6.45, 7) is 4.05. The quantitative estimate of drug-likeness (QED) is 0.827. The molecule has 0 saturated heterocycles. The predicted molar refractivity (Wildman–Crippen MR) is 79.6 cm³/mol. The molecule has 18 heavy (non-hydrogen) atoms. The average molecular weight is 302 g/mol. The van der Waals surface area contributed by atoms with E-state index in [1.807, 2.05) is 19.2 Å². The van der Waals surface area contributed by atoms with E-state index in [9.17, 15) is 0 Å². The van der Waals surface area contributed by atoms with E-state index in [1.54, 1.807) is 29.7 Å². The molecule has 1 heterocycles. The Hall–Kier alpha value is -0.970. The highest BCUT2D eigenvalue weighted by molar-refractivity contribution is 7.09. The molecular weight excluding hydrogens is 289 g/mol. The molecule has 1 aromatic heterocycles. The summed E-state index contributed by atoms with van der Waals surface area (Å²) < 4.78 is 0. The van der Waals surface area contributed by atoms with Gasteiger partial charge in [0.2, 0.25) is 0 Å². The maximum atomic E-state index is 6.16. The van der Waals surface area contributed by atoms with E-state index < -0.39 is 0 Å². The van der Waals surface area contributed by atoms with E-state index in [-0.39, 0.29) is 5.54 Å². The van der Waals surface area contributed by atoms with E-state index in [4.69, 9.17) is 28.9 Å². The number of hydrogen-bond acceptors (Lipinski definition) is 4. The molecule has 2 rings (SSSR count). The molecule has 0 atom stereocenters. The lowest BCUT2D eigenvalue weighted by atomic mass is 10.1. The topological polar surface area (TPSA) is 50.9 Å². The van der Waals surface area contributed by atoms with Crippen LogP contribution in [0.3, 0.4) is 0 Å². The zero-order valence-corrected chi connectivity index (χ0v) is 12.3. The summed E-state index contributed by atoms with van der Waals surface area (Å²) in [5.41, 5.74) is 6.55. The molecule has 0 fully saturated rings. The molecule has 0 bridgehead atoms. The minimum Gasteiger partial charge on any atom is -0.399 e. The first-order valence-corrected chi connectivity index (χ1v) is 6.96. The van der Waals surface area contributed by atoms with Gasteiger partial charge in [-0.1, -0.05) is 23.2 Å². The number of hydrogen-bond donors (Lipinski definition) is 2. The molecule has 0 unspecified atom stereocenters. The Labute approximate surface area is 120 Å². The van der Waals surface area contributed by atoms with Crippen LogP contribution in [-0.4, -0.2) is 4.98 Å². The molecule has 0 aliphatic heterocycles. The normalized spacial score (nSPS) is 11.6. The van der Waals surface area contributed by atoms with E-state index in [2.05, 4.69) is 10.3 Å². The molecule has 0 aliphatic rings. The van der Waals surface area contributed by atoms with Crippen LogP contribution in [0.15, 0.2) is 23.7 Å². The van der Waals surface area contributed by atoms with E-state index in [1.165, 1.54) is 0 Å². The molecule has 3 nitrogen and oxygen atoms in total. The SMILES string of the molecule is CC(C)(Nc1c(Cl)cc(N)cc1Cl)c1nccs1.